The van der Waals surface area contributed by atoms with Crippen LogP contribution in [0.25, 0.3) is 0 Å². The molecule has 0 bridgehead atoms. The van der Waals surface area contributed by atoms with Gasteiger partial charge in [0.2, 0.25) is 0 Å². The molecule has 0 aliphatic carbocycles. The largest absolute Gasteiger partial charge is 0.372 e. The smallest absolute Gasteiger partial charge is 0.0845 e. The minimum absolute atomic E-state index is 0.252. The Morgan fingerprint density at radius 1 is 1.37 bits per heavy atom. The number of ether oxygens (including phenoxy) is 1. The maximum absolute atomic E-state index is 5.46. The van der Waals surface area contributed by atoms with Crippen molar-refractivity contribution in [2.24, 2.45) is 7.05 Å². The first-order chi connectivity index (χ1) is 9.26. The number of rotatable bonds is 4. The second-order valence-electron chi connectivity index (χ2n) is 4.95. The standard InChI is InChI=1S/C14H18N4O/c1-15-14(6-13-7-18(2)17-16-13)10-3-4-11-8-19-9-12(11)5-10/h3-5,7,14-15H,6,8-9H2,1-2H3. The maximum atomic E-state index is 5.46. The molecule has 2 aromatic rings. The van der Waals surface area contributed by atoms with E-state index in [1.165, 1.54) is 16.7 Å². The number of nitrogens with zero attached hydrogens (tertiary/aromatic N) is 3. The number of aromatic nitrogens is 3. The molecule has 1 unspecified atom stereocenters. The lowest BCUT2D eigenvalue weighted by molar-refractivity contribution is 0.134. The van der Waals surface area contributed by atoms with Crippen LogP contribution in [0.3, 0.4) is 0 Å². The van der Waals surface area contributed by atoms with Crippen LogP contribution in [0.4, 0.5) is 0 Å². The number of aryl methyl sites for hydroxylation is 1. The van der Waals surface area contributed by atoms with Gasteiger partial charge in [-0.15, -0.1) is 5.10 Å². The summed E-state index contributed by atoms with van der Waals surface area (Å²) in [6.07, 6.45) is 2.80. The highest BCUT2D eigenvalue weighted by Gasteiger charge is 2.16. The Labute approximate surface area is 112 Å². The third kappa shape index (κ3) is 2.52. The molecule has 0 saturated heterocycles. The number of hydrogen-bond donors (Lipinski definition) is 1. The molecule has 5 heteroatoms. The summed E-state index contributed by atoms with van der Waals surface area (Å²) in [7, 11) is 3.86. The molecule has 100 valence electrons. The molecule has 1 aromatic heterocycles. The fourth-order valence-electron chi connectivity index (χ4n) is 2.49. The lowest BCUT2D eigenvalue weighted by Gasteiger charge is -2.16. The minimum atomic E-state index is 0.252. The van der Waals surface area contributed by atoms with Crippen molar-refractivity contribution < 1.29 is 4.74 Å². The number of fused-ring (bicyclic) bond motifs is 1. The SMILES string of the molecule is CNC(Cc1cn(C)nn1)c1ccc2c(c1)COC2. The first kappa shape index (κ1) is 12.3. The van der Waals surface area contributed by atoms with Gasteiger partial charge in [0.05, 0.1) is 18.9 Å². The van der Waals surface area contributed by atoms with E-state index in [1.54, 1.807) is 4.68 Å². The van der Waals surface area contributed by atoms with Crippen LogP contribution in [0.2, 0.25) is 0 Å². The van der Waals surface area contributed by atoms with Gasteiger partial charge in [0.25, 0.3) is 0 Å². The molecule has 5 nitrogen and oxygen atoms in total. The monoisotopic (exact) mass is 258 g/mol. The zero-order valence-electron chi connectivity index (χ0n) is 11.3. The molecule has 0 saturated carbocycles. The Bertz CT molecular complexity index is 579. The van der Waals surface area contributed by atoms with Gasteiger partial charge >= 0.3 is 0 Å². The highest BCUT2D eigenvalue weighted by molar-refractivity contribution is 5.35. The van der Waals surface area contributed by atoms with Crippen molar-refractivity contribution in [2.75, 3.05) is 7.05 Å². The first-order valence-corrected chi connectivity index (χ1v) is 6.48. The van der Waals surface area contributed by atoms with Gasteiger partial charge in [0.15, 0.2) is 0 Å². The second kappa shape index (κ2) is 5.11. The van der Waals surface area contributed by atoms with Gasteiger partial charge in [0.1, 0.15) is 0 Å². The minimum Gasteiger partial charge on any atom is -0.372 e. The number of hydrogen-bond acceptors (Lipinski definition) is 4. The van der Waals surface area contributed by atoms with E-state index in [9.17, 15) is 0 Å². The van der Waals surface area contributed by atoms with Crippen molar-refractivity contribution in [3.63, 3.8) is 0 Å². The lowest BCUT2D eigenvalue weighted by atomic mass is 9.98. The predicted octanol–water partition coefficient (Wildman–Crippen LogP) is 1.35. The Kier molecular flexibility index (Phi) is 3.31. The Hall–Kier alpha value is -1.72. The van der Waals surface area contributed by atoms with Crippen LogP contribution in [0.1, 0.15) is 28.4 Å². The molecule has 3 rings (SSSR count). The van der Waals surface area contributed by atoms with Crippen molar-refractivity contribution in [1.29, 1.82) is 0 Å². The van der Waals surface area contributed by atoms with Crippen LogP contribution in [0.5, 0.6) is 0 Å². The van der Waals surface area contributed by atoms with E-state index in [0.29, 0.717) is 0 Å². The summed E-state index contributed by atoms with van der Waals surface area (Å²) in [5.41, 5.74) is 4.88. The second-order valence-corrected chi connectivity index (χ2v) is 4.95. The zero-order valence-corrected chi connectivity index (χ0v) is 11.3. The van der Waals surface area contributed by atoms with Crippen molar-refractivity contribution in [1.82, 2.24) is 20.3 Å². The zero-order chi connectivity index (χ0) is 13.2. The molecule has 1 aliphatic rings. The molecule has 1 N–H and O–H groups in total. The highest BCUT2D eigenvalue weighted by atomic mass is 16.5. The first-order valence-electron chi connectivity index (χ1n) is 6.48. The van der Waals surface area contributed by atoms with Crippen LogP contribution in [0.15, 0.2) is 24.4 Å². The third-order valence-electron chi connectivity index (χ3n) is 3.56. The molecule has 0 amide bonds. The summed E-state index contributed by atoms with van der Waals surface area (Å²) >= 11 is 0. The van der Waals surface area contributed by atoms with Gasteiger partial charge in [-0.1, -0.05) is 23.4 Å². The van der Waals surface area contributed by atoms with Crippen LogP contribution >= 0.6 is 0 Å². The van der Waals surface area contributed by atoms with Crippen molar-refractivity contribution in [3.8, 4) is 0 Å². The fraction of sp³-hybridized carbons (Fsp3) is 0.429. The van der Waals surface area contributed by atoms with Gasteiger partial charge in [-0.25, -0.2) is 0 Å². The van der Waals surface area contributed by atoms with E-state index < -0.39 is 0 Å². The van der Waals surface area contributed by atoms with Crippen molar-refractivity contribution in [2.45, 2.75) is 25.7 Å². The quantitative estimate of drug-likeness (QED) is 0.899. The molecule has 19 heavy (non-hydrogen) atoms. The summed E-state index contributed by atoms with van der Waals surface area (Å²) < 4.78 is 7.19. The van der Waals surface area contributed by atoms with Crippen LogP contribution < -0.4 is 5.32 Å². The van der Waals surface area contributed by atoms with E-state index in [2.05, 4.69) is 33.8 Å². The Morgan fingerprint density at radius 3 is 2.95 bits per heavy atom. The van der Waals surface area contributed by atoms with Gasteiger partial charge in [-0.3, -0.25) is 4.68 Å². The number of likely N-dealkylation sites (N-methyl/N-ethyl adjacent to an activating group) is 1. The van der Waals surface area contributed by atoms with E-state index in [-0.39, 0.29) is 6.04 Å². The van der Waals surface area contributed by atoms with E-state index >= 15 is 0 Å². The predicted molar refractivity (Wildman–Crippen MR) is 71.4 cm³/mol. The van der Waals surface area contributed by atoms with Crippen LogP contribution in [0, 0.1) is 0 Å². The van der Waals surface area contributed by atoms with Crippen LogP contribution in [-0.2, 0) is 31.4 Å². The van der Waals surface area contributed by atoms with Gasteiger partial charge in [0, 0.05) is 25.7 Å². The van der Waals surface area contributed by atoms with Gasteiger partial charge in [-0.2, -0.15) is 0 Å². The Balaban J connectivity index is 1.82. The Morgan fingerprint density at radius 2 is 2.21 bits per heavy atom. The van der Waals surface area contributed by atoms with E-state index in [4.69, 9.17) is 4.74 Å². The average Bonchev–Trinajstić information content (AvgIpc) is 3.03. The fourth-order valence-corrected chi connectivity index (χ4v) is 2.49. The summed E-state index contributed by atoms with van der Waals surface area (Å²) in [5.74, 6) is 0. The summed E-state index contributed by atoms with van der Waals surface area (Å²) in [4.78, 5) is 0. The number of benzene rings is 1. The molecule has 0 fully saturated rings. The highest BCUT2D eigenvalue weighted by Crippen LogP contribution is 2.25. The van der Waals surface area contributed by atoms with Gasteiger partial charge < -0.3 is 10.1 Å². The van der Waals surface area contributed by atoms with Crippen molar-refractivity contribution in [3.05, 3.63) is 46.8 Å². The molecular weight excluding hydrogens is 240 g/mol. The lowest BCUT2D eigenvalue weighted by Crippen LogP contribution is -2.19. The molecule has 0 radical (unpaired) electrons. The van der Waals surface area contributed by atoms with Crippen molar-refractivity contribution >= 4 is 0 Å². The topological polar surface area (TPSA) is 52.0 Å². The summed E-state index contributed by atoms with van der Waals surface area (Å²) in [5, 5.41) is 11.5. The van der Waals surface area contributed by atoms with E-state index in [1.807, 2.05) is 20.3 Å². The third-order valence-corrected chi connectivity index (χ3v) is 3.56. The normalized spacial score (nSPS) is 15.5. The molecule has 1 aromatic carbocycles. The van der Waals surface area contributed by atoms with Gasteiger partial charge in [-0.05, 0) is 23.7 Å². The molecule has 2 heterocycles. The molecular formula is C14H18N4O. The van der Waals surface area contributed by atoms with Crippen LogP contribution in [-0.4, -0.2) is 22.0 Å². The average molecular weight is 258 g/mol. The number of nitrogens with one attached hydrogen (secondary N) is 1. The summed E-state index contributed by atoms with van der Waals surface area (Å²) in [6, 6.07) is 6.83. The van der Waals surface area contributed by atoms with E-state index in [0.717, 1.165) is 25.3 Å². The summed E-state index contributed by atoms with van der Waals surface area (Å²) in [6.45, 7) is 1.47. The molecule has 1 atom stereocenters. The maximum Gasteiger partial charge on any atom is 0.0845 e. The molecule has 1 aliphatic heterocycles. The molecule has 0 spiro atoms.